The second-order valence-electron chi connectivity index (χ2n) is 3.34. The van der Waals surface area contributed by atoms with Crippen LogP contribution in [0.15, 0.2) is 24.3 Å². The van der Waals surface area contributed by atoms with Gasteiger partial charge in [-0.05, 0) is 11.6 Å². The Morgan fingerprint density at radius 2 is 2.20 bits per heavy atom. The molecule has 1 aliphatic rings. The summed E-state index contributed by atoms with van der Waals surface area (Å²) < 4.78 is 0. The molecule has 1 atom stereocenters. The molecule has 0 saturated carbocycles. The molecule has 0 amide bonds. The largest absolute Gasteiger partial charge is 0.365 e. The standard InChI is InChI=1S/C11H7N3O/c12-6-7-5-10(15)11(14-13)9-4-2-1-3-8(7)9/h1-4,7H,5H2. The predicted octanol–water partition coefficient (Wildman–Crippen LogP) is 1.29. The Morgan fingerprint density at radius 3 is 2.87 bits per heavy atom. The predicted molar refractivity (Wildman–Crippen MR) is 52.1 cm³/mol. The number of fused-ring (bicyclic) bond motifs is 1. The molecule has 4 heteroatoms. The van der Waals surface area contributed by atoms with Gasteiger partial charge in [0.25, 0.3) is 0 Å². The van der Waals surface area contributed by atoms with Crippen molar-refractivity contribution in [3.05, 3.63) is 40.9 Å². The number of carbonyl (C=O) groups is 1. The van der Waals surface area contributed by atoms with Gasteiger partial charge in [-0.2, -0.15) is 10.1 Å². The third-order valence-corrected chi connectivity index (χ3v) is 2.50. The zero-order valence-corrected chi connectivity index (χ0v) is 7.84. The molecule has 0 fully saturated rings. The van der Waals surface area contributed by atoms with E-state index in [-0.39, 0.29) is 17.9 Å². The minimum atomic E-state index is -0.431. The van der Waals surface area contributed by atoms with Gasteiger partial charge in [0.05, 0.1) is 17.6 Å². The summed E-state index contributed by atoms with van der Waals surface area (Å²) in [5.74, 6) is -0.720. The molecule has 2 rings (SSSR count). The minimum absolute atomic E-state index is 0.0529. The Labute approximate surface area is 86.4 Å². The zero-order valence-electron chi connectivity index (χ0n) is 7.84. The molecule has 0 heterocycles. The van der Waals surface area contributed by atoms with Gasteiger partial charge in [0, 0.05) is 6.42 Å². The van der Waals surface area contributed by atoms with E-state index in [2.05, 4.69) is 10.9 Å². The maximum Gasteiger partial charge on any atom is 0.365 e. The summed E-state index contributed by atoms with van der Waals surface area (Å²) in [7, 11) is 0. The molecule has 1 aromatic rings. The number of nitriles is 1. The summed E-state index contributed by atoms with van der Waals surface area (Å²) in [4.78, 5) is 14.5. The Bertz CT molecular complexity index is 521. The molecule has 72 valence electrons. The first-order valence-corrected chi connectivity index (χ1v) is 4.52. The second-order valence-corrected chi connectivity index (χ2v) is 3.34. The first-order chi connectivity index (χ1) is 7.27. The highest BCUT2D eigenvalue weighted by Gasteiger charge is 2.35. The molecule has 0 radical (unpaired) electrons. The number of Topliss-reactive ketones (excluding diaryl/α,β-unsaturated/α-hetero) is 1. The molecule has 0 N–H and O–H groups in total. The first kappa shape index (κ1) is 9.32. The fraction of sp³-hybridized carbons (Fsp3) is 0.182. The van der Waals surface area contributed by atoms with Crippen molar-refractivity contribution >= 4 is 11.5 Å². The molecule has 0 spiro atoms. The van der Waals surface area contributed by atoms with Crippen molar-refractivity contribution in [3.8, 4) is 6.07 Å². The van der Waals surface area contributed by atoms with Crippen LogP contribution in [0, 0.1) is 11.3 Å². The smallest absolute Gasteiger partial charge is 0.361 e. The lowest BCUT2D eigenvalue weighted by molar-refractivity contribution is -0.117. The molecule has 1 aromatic carbocycles. The van der Waals surface area contributed by atoms with Gasteiger partial charge in [0.15, 0.2) is 0 Å². The Kier molecular flexibility index (Phi) is 2.17. The van der Waals surface area contributed by atoms with E-state index < -0.39 is 5.92 Å². The summed E-state index contributed by atoms with van der Waals surface area (Å²) in [6, 6.07) is 9.09. The summed E-state index contributed by atoms with van der Waals surface area (Å²) in [5, 5.41) is 8.91. The maximum atomic E-state index is 11.5. The SMILES string of the molecule is N#CC1CC(=O)C(=[N+]=[N-])c2ccccc21. The van der Waals surface area contributed by atoms with Crippen LogP contribution >= 0.6 is 0 Å². The van der Waals surface area contributed by atoms with Crippen molar-refractivity contribution < 1.29 is 9.58 Å². The average molecular weight is 197 g/mol. The van der Waals surface area contributed by atoms with Gasteiger partial charge in [-0.1, -0.05) is 18.2 Å². The van der Waals surface area contributed by atoms with E-state index in [1.807, 2.05) is 0 Å². The van der Waals surface area contributed by atoms with Crippen molar-refractivity contribution in [3.63, 3.8) is 0 Å². The Hall–Kier alpha value is -2.24. The molecule has 15 heavy (non-hydrogen) atoms. The van der Waals surface area contributed by atoms with Crippen LogP contribution in [0.4, 0.5) is 0 Å². The van der Waals surface area contributed by atoms with Crippen LogP contribution in [0.25, 0.3) is 5.53 Å². The van der Waals surface area contributed by atoms with Crippen LogP contribution in [0.5, 0.6) is 0 Å². The topological polar surface area (TPSA) is 77.3 Å². The number of rotatable bonds is 0. The van der Waals surface area contributed by atoms with E-state index in [0.717, 1.165) is 5.56 Å². The molecule has 0 saturated heterocycles. The summed E-state index contributed by atoms with van der Waals surface area (Å²) >= 11 is 0. The van der Waals surface area contributed by atoms with Gasteiger partial charge in [0.1, 0.15) is 0 Å². The highest BCUT2D eigenvalue weighted by molar-refractivity contribution is 6.45. The van der Waals surface area contributed by atoms with Gasteiger partial charge >= 0.3 is 5.71 Å². The number of hydrogen-bond donors (Lipinski definition) is 0. The summed E-state index contributed by atoms with van der Waals surface area (Å²) in [5.41, 5.74) is 10.1. The summed E-state index contributed by atoms with van der Waals surface area (Å²) in [6.45, 7) is 0. The molecule has 1 aliphatic carbocycles. The lowest BCUT2D eigenvalue weighted by Crippen LogP contribution is -2.26. The van der Waals surface area contributed by atoms with E-state index in [4.69, 9.17) is 10.8 Å². The fourth-order valence-electron chi connectivity index (χ4n) is 1.78. The highest BCUT2D eigenvalue weighted by Crippen LogP contribution is 2.28. The van der Waals surface area contributed by atoms with Crippen molar-refractivity contribution in [2.24, 2.45) is 0 Å². The van der Waals surface area contributed by atoms with Crippen LogP contribution in [0.1, 0.15) is 23.5 Å². The van der Waals surface area contributed by atoms with E-state index in [0.29, 0.717) is 5.56 Å². The number of hydrogen-bond acceptors (Lipinski definition) is 2. The molecule has 1 unspecified atom stereocenters. The minimum Gasteiger partial charge on any atom is -0.361 e. The number of carbonyl (C=O) groups excluding carboxylic acids is 1. The van der Waals surface area contributed by atoms with Crippen molar-refractivity contribution in [2.45, 2.75) is 12.3 Å². The van der Waals surface area contributed by atoms with Crippen LogP contribution in [0.3, 0.4) is 0 Å². The van der Waals surface area contributed by atoms with Crippen LogP contribution < -0.4 is 0 Å². The molecule has 0 aliphatic heterocycles. The van der Waals surface area contributed by atoms with Crippen molar-refractivity contribution in [2.75, 3.05) is 0 Å². The molecule has 0 aromatic heterocycles. The van der Waals surface area contributed by atoms with Gasteiger partial charge in [0.2, 0.25) is 5.78 Å². The molecular weight excluding hydrogens is 190 g/mol. The molecular formula is C11H7N3O. The fourth-order valence-corrected chi connectivity index (χ4v) is 1.78. The van der Waals surface area contributed by atoms with E-state index in [1.165, 1.54) is 0 Å². The number of nitrogens with zero attached hydrogens (tertiary/aromatic N) is 3. The van der Waals surface area contributed by atoms with Gasteiger partial charge < -0.3 is 5.53 Å². The van der Waals surface area contributed by atoms with Crippen LogP contribution in [-0.2, 0) is 4.79 Å². The van der Waals surface area contributed by atoms with Crippen LogP contribution in [-0.4, -0.2) is 16.3 Å². The average Bonchev–Trinajstić information content (AvgIpc) is 2.28. The lowest BCUT2D eigenvalue weighted by atomic mass is 9.82. The van der Waals surface area contributed by atoms with E-state index in [9.17, 15) is 4.79 Å². The van der Waals surface area contributed by atoms with Crippen molar-refractivity contribution in [1.82, 2.24) is 0 Å². The Balaban J connectivity index is 2.70. The molecule has 4 nitrogen and oxygen atoms in total. The third kappa shape index (κ3) is 1.35. The second kappa shape index (κ2) is 3.49. The van der Waals surface area contributed by atoms with Gasteiger partial charge in [-0.3, -0.25) is 4.79 Å². The quantitative estimate of drug-likeness (QED) is 0.464. The van der Waals surface area contributed by atoms with E-state index in [1.54, 1.807) is 24.3 Å². The highest BCUT2D eigenvalue weighted by atomic mass is 16.1. The lowest BCUT2D eigenvalue weighted by Gasteiger charge is -2.15. The number of ketones is 1. The maximum absolute atomic E-state index is 11.5. The van der Waals surface area contributed by atoms with Gasteiger partial charge in [-0.25, -0.2) is 0 Å². The van der Waals surface area contributed by atoms with Crippen molar-refractivity contribution in [1.29, 1.82) is 5.26 Å². The molecule has 0 bridgehead atoms. The zero-order chi connectivity index (χ0) is 10.8. The third-order valence-electron chi connectivity index (χ3n) is 2.50. The van der Waals surface area contributed by atoms with E-state index >= 15 is 0 Å². The van der Waals surface area contributed by atoms with Crippen LogP contribution in [0.2, 0.25) is 0 Å². The number of benzene rings is 1. The van der Waals surface area contributed by atoms with Gasteiger partial charge in [-0.15, -0.1) is 0 Å². The summed E-state index contributed by atoms with van der Waals surface area (Å²) in [6.07, 6.45) is 0.0902. The Morgan fingerprint density at radius 1 is 1.47 bits per heavy atom. The monoisotopic (exact) mass is 197 g/mol. The first-order valence-electron chi connectivity index (χ1n) is 4.52. The normalized spacial score (nSPS) is 19.0.